The van der Waals surface area contributed by atoms with Crippen molar-refractivity contribution in [2.75, 3.05) is 5.32 Å². The van der Waals surface area contributed by atoms with Gasteiger partial charge in [-0.15, -0.1) is 11.3 Å². The number of hydrogen-bond acceptors (Lipinski definition) is 6. The molecule has 1 aliphatic rings. The molecule has 0 bridgehead atoms. The minimum absolute atomic E-state index is 0.123. The van der Waals surface area contributed by atoms with Gasteiger partial charge in [0.15, 0.2) is 0 Å². The average molecular weight is 416 g/mol. The molecule has 0 unspecified atom stereocenters. The van der Waals surface area contributed by atoms with Crippen LogP contribution in [0.4, 0.5) is 10.8 Å². The van der Waals surface area contributed by atoms with E-state index in [1.165, 1.54) is 27.0 Å². The van der Waals surface area contributed by atoms with E-state index in [0.717, 1.165) is 24.8 Å². The molecule has 8 nitrogen and oxygen atoms in total. The van der Waals surface area contributed by atoms with Gasteiger partial charge < -0.3 is 15.4 Å². The molecule has 1 N–H and O–H groups in total. The van der Waals surface area contributed by atoms with E-state index in [4.69, 9.17) is 0 Å². The Morgan fingerprint density at radius 1 is 1.52 bits per heavy atom. The van der Waals surface area contributed by atoms with E-state index in [-0.39, 0.29) is 30.1 Å². The number of nitriles is 1. The third-order valence-corrected chi connectivity index (χ3v) is 6.73. The second-order valence-electron chi connectivity index (χ2n) is 8.55. The number of nitrogens with one attached hydrogen (secondary N) is 1. The van der Waals surface area contributed by atoms with Gasteiger partial charge >= 0.3 is 5.82 Å². The number of rotatable bonds is 5. The molecule has 0 aromatic carbocycles. The molecule has 0 radical (unpaired) electrons. The lowest BCUT2D eigenvalue weighted by Crippen LogP contribution is -2.26. The maximum absolute atomic E-state index is 12.5. The molecule has 9 heteroatoms. The van der Waals surface area contributed by atoms with Gasteiger partial charge in [0.05, 0.1) is 29.0 Å². The van der Waals surface area contributed by atoms with Crippen LogP contribution in [0.3, 0.4) is 0 Å². The van der Waals surface area contributed by atoms with Crippen molar-refractivity contribution in [1.82, 2.24) is 9.78 Å². The zero-order valence-corrected chi connectivity index (χ0v) is 17.9. The molecule has 2 heterocycles. The van der Waals surface area contributed by atoms with E-state index in [1.807, 2.05) is 0 Å². The Morgan fingerprint density at radius 2 is 2.24 bits per heavy atom. The van der Waals surface area contributed by atoms with Gasteiger partial charge in [-0.2, -0.15) is 9.94 Å². The number of nitro groups is 1. The Balaban J connectivity index is 1.69. The van der Waals surface area contributed by atoms with Crippen LogP contribution in [0.1, 0.15) is 55.3 Å². The van der Waals surface area contributed by atoms with Crippen molar-refractivity contribution in [1.29, 1.82) is 5.26 Å². The summed E-state index contributed by atoms with van der Waals surface area (Å²) in [7, 11) is 0. The van der Waals surface area contributed by atoms with E-state index in [1.54, 1.807) is 6.92 Å². The number of thiophene rings is 1. The van der Waals surface area contributed by atoms with Gasteiger partial charge in [-0.3, -0.25) is 4.79 Å². The molecule has 3 rings (SSSR count). The molecule has 0 fully saturated rings. The van der Waals surface area contributed by atoms with E-state index in [9.17, 15) is 20.2 Å². The quantitative estimate of drug-likeness (QED) is 0.580. The van der Waals surface area contributed by atoms with E-state index >= 15 is 0 Å². The smallest absolute Gasteiger partial charge is 0.358 e. The van der Waals surface area contributed by atoms with Crippen molar-refractivity contribution in [2.45, 2.75) is 59.9 Å². The number of aromatic nitrogens is 2. The maximum atomic E-state index is 12.5. The summed E-state index contributed by atoms with van der Waals surface area (Å²) in [5.74, 6) is 0.0985. The number of nitrogens with zero attached hydrogens (tertiary/aromatic N) is 4. The molecular formula is C20H25N5O3S. The van der Waals surface area contributed by atoms with E-state index < -0.39 is 4.92 Å². The molecule has 1 atom stereocenters. The Bertz CT molecular complexity index is 993. The van der Waals surface area contributed by atoms with Gasteiger partial charge in [0.2, 0.25) is 5.91 Å². The molecule has 0 saturated heterocycles. The van der Waals surface area contributed by atoms with Gasteiger partial charge in [0.1, 0.15) is 11.1 Å². The second kappa shape index (κ2) is 7.95. The molecule has 0 saturated carbocycles. The first kappa shape index (κ1) is 21.0. The zero-order chi connectivity index (χ0) is 21.3. The number of aryl methyl sites for hydroxylation is 2. The molecular weight excluding hydrogens is 390 g/mol. The highest BCUT2D eigenvalue weighted by Gasteiger charge is 2.32. The fourth-order valence-corrected chi connectivity index (χ4v) is 5.03. The lowest BCUT2D eigenvalue weighted by atomic mass is 9.72. The first-order valence-corrected chi connectivity index (χ1v) is 10.4. The molecule has 29 heavy (non-hydrogen) atoms. The Labute approximate surface area is 173 Å². The highest BCUT2D eigenvalue weighted by atomic mass is 32.1. The van der Waals surface area contributed by atoms with Gasteiger partial charge in [-0.1, -0.05) is 20.8 Å². The summed E-state index contributed by atoms with van der Waals surface area (Å²) < 4.78 is 1.45. The lowest BCUT2D eigenvalue weighted by molar-refractivity contribution is -0.389. The lowest BCUT2D eigenvalue weighted by Gasteiger charge is -2.33. The summed E-state index contributed by atoms with van der Waals surface area (Å²) in [5.41, 5.74) is 2.49. The predicted octanol–water partition coefficient (Wildman–Crippen LogP) is 4.21. The van der Waals surface area contributed by atoms with Crippen molar-refractivity contribution in [3.05, 3.63) is 37.9 Å². The molecule has 0 spiro atoms. The molecule has 154 valence electrons. The van der Waals surface area contributed by atoms with Gasteiger partial charge in [-0.25, -0.2) is 0 Å². The summed E-state index contributed by atoms with van der Waals surface area (Å²) in [5, 5.41) is 27.8. The normalized spacial score (nSPS) is 16.2. The van der Waals surface area contributed by atoms with Crippen LogP contribution >= 0.6 is 11.3 Å². The van der Waals surface area contributed by atoms with Crippen LogP contribution in [0.2, 0.25) is 0 Å². The monoisotopic (exact) mass is 415 g/mol. The minimum Gasteiger partial charge on any atom is -0.358 e. The van der Waals surface area contributed by atoms with Crippen molar-refractivity contribution < 1.29 is 9.72 Å². The van der Waals surface area contributed by atoms with Crippen molar-refractivity contribution >= 4 is 28.1 Å². The molecule has 2 aromatic heterocycles. The van der Waals surface area contributed by atoms with Crippen LogP contribution in [0, 0.1) is 39.7 Å². The van der Waals surface area contributed by atoms with Crippen molar-refractivity contribution in [2.24, 2.45) is 11.3 Å². The molecule has 1 amide bonds. The summed E-state index contributed by atoms with van der Waals surface area (Å²) >= 11 is 1.50. The SMILES string of the molecule is Cc1cc([N+](=O)[O-])nn1CCC(=O)Nc1sc2c(c1C#N)CC[C@H](C(C)(C)C)C2. The predicted molar refractivity (Wildman–Crippen MR) is 111 cm³/mol. The summed E-state index contributed by atoms with van der Waals surface area (Å²) in [6.07, 6.45) is 2.97. The fraction of sp³-hybridized carbons (Fsp3) is 0.550. The van der Waals surface area contributed by atoms with Crippen LogP contribution in [0.25, 0.3) is 0 Å². The van der Waals surface area contributed by atoms with Crippen LogP contribution in [-0.4, -0.2) is 20.6 Å². The maximum Gasteiger partial charge on any atom is 0.390 e. The fourth-order valence-electron chi connectivity index (χ4n) is 3.74. The number of carbonyl (C=O) groups excluding carboxylic acids is 1. The Kier molecular flexibility index (Phi) is 5.75. The topological polar surface area (TPSA) is 114 Å². The van der Waals surface area contributed by atoms with Gasteiger partial charge in [-0.05, 0) is 48.0 Å². The molecule has 2 aromatic rings. The third-order valence-electron chi connectivity index (χ3n) is 5.56. The Morgan fingerprint density at radius 3 is 2.83 bits per heavy atom. The first-order chi connectivity index (χ1) is 13.6. The minimum atomic E-state index is -0.552. The van der Waals surface area contributed by atoms with Crippen LogP contribution in [0.15, 0.2) is 6.07 Å². The third kappa shape index (κ3) is 4.48. The van der Waals surface area contributed by atoms with Crippen molar-refractivity contribution in [3.8, 4) is 6.07 Å². The van der Waals surface area contributed by atoms with Crippen LogP contribution < -0.4 is 5.32 Å². The first-order valence-electron chi connectivity index (χ1n) is 9.63. The second-order valence-corrected chi connectivity index (χ2v) is 9.65. The summed E-state index contributed by atoms with van der Waals surface area (Å²) in [6.45, 7) is 8.68. The Hall–Kier alpha value is -2.73. The number of hydrogen-bond donors (Lipinski definition) is 1. The largest absolute Gasteiger partial charge is 0.390 e. The summed E-state index contributed by atoms with van der Waals surface area (Å²) in [6, 6.07) is 3.64. The van der Waals surface area contributed by atoms with Gasteiger partial charge in [0, 0.05) is 11.3 Å². The van der Waals surface area contributed by atoms with E-state index in [0.29, 0.717) is 22.2 Å². The number of carbonyl (C=O) groups is 1. The summed E-state index contributed by atoms with van der Waals surface area (Å²) in [4.78, 5) is 23.9. The van der Waals surface area contributed by atoms with Crippen molar-refractivity contribution in [3.63, 3.8) is 0 Å². The standard InChI is InChI=1S/C20H25N5O3S/c1-12-9-17(25(27)28)23-24(12)8-7-18(26)22-19-15(11-21)14-6-5-13(20(2,3)4)10-16(14)29-19/h9,13H,5-8,10H2,1-4H3,(H,22,26)/t13-/m0/s1. The number of fused-ring (bicyclic) bond motifs is 1. The van der Waals surface area contributed by atoms with Crippen LogP contribution in [0.5, 0.6) is 0 Å². The average Bonchev–Trinajstić information content (AvgIpc) is 3.18. The van der Waals surface area contributed by atoms with Gasteiger partial charge in [0.25, 0.3) is 0 Å². The number of amides is 1. The highest BCUT2D eigenvalue weighted by molar-refractivity contribution is 7.16. The number of anilines is 1. The van der Waals surface area contributed by atoms with Crippen LogP contribution in [-0.2, 0) is 24.2 Å². The zero-order valence-electron chi connectivity index (χ0n) is 17.1. The highest BCUT2D eigenvalue weighted by Crippen LogP contribution is 2.44. The molecule has 1 aliphatic carbocycles. The molecule has 0 aliphatic heterocycles. The van der Waals surface area contributed by atoms with E-state index in [2.05, 4.69) is 37.3 Å².